The number of halogens is 7. The summed E-state index contributed by atoms with van der Waals surface area (Å²) in [5, 5.41) is 3.61. The van der Waals surface area contributed by atoms with Gasteiger partial charge in [-0.25, -0.2) is 43.9 Å². The van der Waals surface area contributed by atoms with Gasteiger partial charge in [0, 0.05) is 23.7 Å². The zero-order chi connectivity index (χ0) is 25.0. The van der Waals surface area contributed by atoms with Gasteiger partial charge in [-0.2, -0.15) is 0 Å². The molecule has 1 unspecified atom stereocenters. The van der Waals surface area contributed by atoms with Gasteiger partial charge in [-0.3, -0.25) is 0 Å². The maximum atomic E-state index is 14.8. The van der Waals surface area contributed by atoms with Crippen molar-refractivity contribution in [1.29, 1.82) is 0 Å². The minimum atomic E-state index is -3.96. The van der Waals surface area contributed by atoms with Gasteiger partial charge in [-0.1, -0.05) is 11.2 Å². The molecule has 184 valence electrons. The number of oxime groups is 1. The SMILES string of the molecule is CS(=O)(=O)N[C@@H]1CN(C2=NOC(c3c(F)cc(F)c(F)c3-c3c(F)cccc3F)C2)CC1(F)F. The van der Waals surface area contributed by atoms with Gasteiger partial charge in [0.15, 0.2) is 17.7 Å². The normalized spacial score (nSPS) is 22.1. The quantitative estimate of drug-likeness (QED) is 0.502. The molecule has 2 aliphatic heterocycles. The third-order valence-electron chi connectivity index (χ3n) is 5.43. The number of alkyl halides is 2. The molecule has 1 fully saturated rings. The lowest BCUT2D eigenvalue weighted by atomic mass is 9.92. The number of sulfonamides is 1. The predicted molar refractivity (Wildman–Crippen MR) is 106 cm³/mol. The zero-order valence-corrected chi connectivity index (χ0v) is 18.1. The van der Waals surface area contributed by atoms with Crippen LogP contribution in [0, 0.1) is 29.1 Å². The van der Waals surface area contributed by atoms with Crippen LogP contribution in [0.5, 0.6) is 0 Å². The molecular weight excluding hydrogens is 495 g/mol. The van der Waals surface area contributed by atoms with Crippen molar-refractivity contribution in [3.8, 4) is 11.1 Å². The zero-order valence-electron chi connectivity index (χ0n) is 17.3. The summed E-state index contributed by atoms with van der Waals surface area (Å²) in [6.07, 6.45) is -1.26. The van der Waals surface area contributed by atoms with Crippen LogP contribution in [0.1, 0.15) is 18.1 Å². The average molecular weight is 511 g/mol. The monoisotopic (exact) mass is 511 g/mol. The van der Waals surface area contributed by atoms with Gasteiger partial charge in [0.1, 0.15) is 29.3 Å². The maximum absolute atomic E-state index is 14.8. The summed E-state index contributed by atoms with van der Waals surface area (Å²) in [5.41, 5.74) is -2.84. The first-order valence-corrected chi connectivity index (χ1v) is 11.6. The van der Waals surface area contributed by atoms with Crippen LogP contribution in [0.25, 0.3) is 11.1 Å². The van der Waals surface area contributed by atoms with E-state index in [0.717, 1.165) is 23.1 Å². The lowest BCUT2D eigenvalue weighted by Crippen LogP contribution is -2.46. The highest BCUT2D eigenvalue weighted by molar-refractivity contribution is 7.88. The predicted octanol–water partition coefficient (Wildman–Crippen LogP) is 3.69. The molecule has 1 N–H and O–H groups in total. The standard InChI is InChI=1S/C20H16F7N3O3S/c1-34(31,32)29-14-7-30(8-20(14,26)27)15-6-13(33-28-15)17-11(23)5-12(24)19(25)18(17)16-9(21)3-2-4-10(16)22/h2-5,13-14,29H,6-8H2,1H3/t13?,14-/m1/s1. The van der Waals surface area contributed by atoms with Crippen LogP contribution >= 0.6 is 0 Å². The molecule has 2 atom stereocenters. The fraction of sp³-hybridized carbons (Fsp3) is 0.350. The van der Waals surface area contributed by atoms with Crippen LogP contribution in [-0.4, -0.2) is 50.5 Å². The van der Waals surface area contributed by atoms with E-state index in [1.165, 1.54) is 0 Å². The van der Waals surface area contributed by atoms with Crippen molar-refractivity contribution in [2.45, 2.75) is 24.5 Å². The number of hydrogen-bond acceptors (Lipinski definition) is 5. The van der Waals surface area contributed by atoms with E-state index in [-0.39, 0.29) is 11.9 Å². The van der Waals surface area contributed by atoms with Gasteiger partial charge < -0.3 is 9.74 Å². The highest BCUT2D eigenvalue weighted by atomic mass is 32.2. The molecule has 0 aliphatic carbocycles. The summed E-state index contributed by atoms with van der Waals surface area (Å²) >= 11 is 0. The first kappa shape index (κ1) is 24.3. The number of amidine groups is 1. The van der Waals surface area contributed by atoms with Gasteiger partial charge in [-0.15, -0.1) is 0 Å². The smallest absolute Gasteiger partial charge is 0.282 e. The Kier molecular flexibility index (Phi) is 6.00. The molecule has 2 aromatic rings. The van der Waals surface area contributed by atoms with Crippen molar-refractivity contribution in [3.63, 3.8) is 0 Å². The molecule has 2 heterocycles. The Morgan fingerprint density at radius 3 is 2.32 bits per heavy atom. The molecule has 0 saturated carbocycles. The number of benzene rings is 2. The van der Waals surface area contributed by atoms with E-state index in [4.69, 9.17) is 4.84 Å². The molecule has 2 aromatic carbocycles. The third kappa shape index (κ3) is 4.43. The molecule has 14 heteroatoms. The van der Waals surface area contributed by atoms with Crippen LogP contribution in [-0.2, 0) is 14.9 Å². The average Bonchev–Trinajstić information content (AvgIpc) is 3.29. The number of nitrogens with one attached hydrogen (secondary N) is 1. The number of hydrogen-bond donors (Lipinski definition) is 1. The van der Waals surface area contributed by atoms with Crippen molar-refractivity contribution in [1.82, 2.24) is 9.62 Å². The van der Waals surface area contributed by atoms with E-state index in [1.54, 1.807) is 0 Å². The van der Waals surface area contributed by atoms with Crippen molar-refractivity contribution >= 4 is 15.9 Å². The third-order valence-corrected chi connectivity index (χ3v) is 6.15. The largest absolute Gasteiger partial charge is 0.386 e. The molecule has 6 nitrogen and oxygen atoms in total. The molecule has 4 rings (SSSR count). The fourth-order valence-corrected chi connectivity index (χ4v) is 4.74. The molecule has 1 saturated heterocycles. The first-order chi connectivity index (χ1) is 15.8. The van der Waals surface area contributed by atoms with Crippen LogP contribution < -0.4 is 4.72 Å². The summed E-state index contributed by atoms with van der Waals surface area (Å²) in [6.45, 7) is -1.46. The van der Waals surface area contributed by atoms with E-state index in [2.05, 4.69) is 5.16 Å². The second kappa shape index (κ2) is 8.41. The summed E-state index contributed by atoms with van der Waals surface area (Å²) < 4.78 is 125. The van der Waals surface area contributed by atoms with Crippen molar-refractivity contribution in [3.05, 3.63) is 58.9 Å². The number of nitrogens with zero attached hydrogens (tertiary/aromatic N) is 2. The highest BCUT2D eigenvalue weighted by Crippen LogP contribution is 2.42. The molecule has 2 aliphatic rings. The van der Waals surface area contributed by atoms with Gasteiger partial charge in [0.25, 0.3) is 5.92 Å². The molecular formula is C20H16F7N3O3S. The minimum absolute atomic E-state index is 0.161. The Morgan fingerprint density at radius 2 is 1.71 bits per heavy atom. The molecule has 0 amide bonds. The molecule has 0 radical (unpaired) electrons. The first-order valence-electron chi connectivity index (χ1n) is 9.73. The highest BCUT2D eigenvalue weighted by Gasteiger charge is 2.51. The lowest BCUT2D eigenvalue weighted by molar-refractivity contribution is -0.00123. The van der Waals surface area contributed by atoms with Crippen molar-refractivity contribution in [2.24, 2.45) is 5.16 Å². The molecule has 0 bridgehead atoms. The van der Waals surface area contributed by atoms with Gasteiger partial charge in [0.05, 0.1) is 24.8 Å². The summed E-state index contributed by atoms with van der Waals surface area (Å²) in [7, 11) is -3.96. The summed E-state index contributed by atoms with van der Waals surface area (Å²) in [5.74, 6) is -11.1. The number of likely N-dealkylation sites (tertiary alicyclic amines) is 1. The Morgan fingerprint density at radius 1 is 1.06 bits per heavy atom. The van der Waals surface area contributed by atoms with E-state index < -0.39 is 93.4 Å². The Labute approximate surface area is 189 Å². The van der Waals surface area contributed by atoms with Crippen LogP contribution in [0.15, 0.2) is 29.4 Å². The van der Waals surface area contributed by atoms with E-state index in [9.17, 15) is 39.2 Å². The maximum Gasteiger partial charge on any atom is 0.282 e. The molecule has 0 spiro atoms. The van der Waals surface area contributed by atoms with Gasteiger partial charge >= 0.3 is 0 Å². The van der Waals surface area contributed by atoms with Crippen LogP contribution in [0.3, 0.4) is 0 Å². The van der Waals surface area contributed by atoms with Crippen molar-refractivity contribution in [2.75, 3.05) is 19.3 Å². The van der Waals surface area contributed by atoms with Gasteiger partial charge in [0.2, 0.25) is 10.0 Å². The Hall–Kier alpha value is -2.87. The van der Waals surface area contributed by atoms with Gasteiger partial charge in [-0.05, 0) is 12.1 Å². The van der Waals surface area contributed by atoms with Crippen LogP contribution in [0.4, 0.5) is 30.7 Å². The van der Waals surface area contributed by atoms with E-state index >= 15 is 0 Å². The fourth-order valence-electron chi connectivity index (χ4n) is 3.97. The molecule has 0 aromatic heterocycles. The Bertz CT molecular complexity index is 1270. The van der Waals surface area contributed by atoms with E-state index in [1.807, 2.05) is 4.72 Å². The molecule has 34 heavy (non-hydrogen) atoms. The topological polar surface area (TPSA) is 71.0 Å². The lowest BCUT2D eigenvalue weighted by Gasteiger charge is -2.19. The van der Waals surface area contributed by atoms with Crippen molar-refractivity contribution < 1.29 is 44.0 Å². The summed E-state index contributed by atoms with van der Waals surface area (Å²) in [4.78, 5) is 6.06. The number of rotatable bonds is 4. The second-order valence-electron chi connectivity index (χ2n) is 7.93. The minimum Gasteiger partial charge on any atom is -0.386 e. The Balaban J connectivity index is 1.67. The van der Waals surface area contributed by atoms with Crippen LogP contribution in [0.2, 0.25) is 0 Å². The second-order valence-corrected chi connectivity index (χ2v) is 9.71. The summed E-state index contributed by atoms with van der Waals surface area (Å²) in [6, 6.07) is 0.895. The van der Waals surface area contributed by atoms with E-state index in [0.29, 0.717) is 6.26 Å².